The largest absolute Gasteiger partial charge is 0.328 e. The van der Waals surface area contributed by atoms with E-state index in [-0.39, 0.29) is 0 Å². The third-order valence-corrected chi connectivity index (χ3v) is 2.52. The Hall–Kier alpha value is -1.82. The molecule has 0 fully saturated rings. The molecule has 0 amide bonds. The van der Waals surface area contributed by atoms with Gasteiger partial charge in [0.15, 0.2) is 0 Å². The Morgan fingerprint density at radius 3 is 3.00 bits per heavy atom. The lowest BCUT2D eigenvalue weighted by Gasteiger charge is -2.04. The topological polar surface area (TPSA) is 41.6 Å². The van der Waals surface area contributed by atoms with Crippen LogP contribution in [0.1, 0.15) is 18.7 Å². The summed E-state index contributed by atoms with van der Waals surface area (Å²) in [5.41, 5.74) is 2.19. The summed E-state index contributed by atoms with van der Waals surface area (Å²) in [5.74, 6) is 1.02. The molecule has 0 spiro atoms. The summed E-state index contributed by atoms with van der Waals surface area (Å²) in [5, 5.41) is 8.50. The fraction of sp³-hybridized carbons (Fsp3) is 0.333. The Morgan fingerprint density at radius 1 is 1.40 bits per heavy atom. The van der Waals surface area contributed by atoms with E-state index < -0.39 is 0 Å². The van der Waals surface area contributed by atoms with E-state index in [1.54, 1.807) is 0 Å². The van der Waals surface area contributed by atoms with E-state index >= 15 is 0 Å². The first-order valence-electron chi connectivity index (χ1n) is 5.12. The van der Waals surface area contributed by atoms with E-state index in [1.165, 1.54) is 0 Å². The van der Waals surface area contributed by atoms with Gasteiger partial charge in [-0.25, -0.2) is 4.98 Å². The van der Waals surface area contributed by atoms with Crippen molar-refractivity contribution in [2.75, 3.05) is 0 Å². The number of benzene rings is 1. The number of aromatic nitrogens is 2. The highest BCUT2D eigenvalue weighted by molar-refractivity contribution is 5.75. The highest BCUT2D eigenvalue weighted by atomic mass is 15.1. The number of nitrogens with zero attached hydrogens (tertiary/aromatic N) is 3. The van der Waals surface area contributed by atoms with Crippen LogP contribution in [0.25, 0.3) is 11.0 Å². The molecule has 0 aliphatic carbocycles. The number of hydrogen-bond donors (Lipinski definition) is 0. The molecule has 0 bridgehead atoms. The molecule has 15 heavy (non-hydrogen) atoms. The molecule has 2 rings (SSSR count). The van der Waals surface area contributed by atoms with Crippen molar-refractivity contribution < 1.29 is 0 Å². The minimum absolute atomic E-state index is 0.603. The van der Waals surface area contributed by atoms with E-state index in [2.05, 4.69) is 21.7 Å². The zero-order valence-corrected chi connectivity index (χ0v) is 8.77. The van der Waals surface area contributed by atoms with Crippen LogP contribution in [0.5, 0.6) is 0 Å². The molecule has 0 N–H and O–H groups in total. The van der Waals surface area contributed by atoms with Gasteiger partial charge in [0.25, 0.3) is 0 Å². The second-order valence-corrected chi connectivity index (χ2v) is 3.56. The highest BCUT2D eigenvalue weighted by Crippen LogP contribution is 2.15. The van der Waals surface area contributed by atoms with Crippen LogP contribution in [-0.4, -0.2) is 9.55 Å². The van der Waals surface area contributed by atoms with Crippen molar-refractivity contribution in [2.45, 2.75) is 26.3 Å². The Bertz CT molecular complexity index is 505. The first kappa shape index (κ1) is 9.72. The molecule has 0 unspecified atom stereocenters. The van der Waals surface area contributed by atoms with Crippen LogP contribution in [0.2, 0.25) is 0 Å². The molecule has 3 heteroatoms. The molecular weight excluding hydrogens is 186 g/mol. The minimum Gasteiger partial charge on any atom is -0.328 e. The van der Waals surface area contributed by atoms with Gasteiger partial charge in [0, 0.05) is 13.0 Å². The van der Waals surface area contributed by atoms with Crippen LogP contribution in [0.4, 0.5) is 0 Å². The van der Waals surface area contributed by atoms with Gasteiger partial charge in [-0.3, -0.25) is 0 Å². The van der Waals surface area contributed by atoms with Gasteiger partial charge in [0.1, 0.15) is 5.82 Å². The third kappa shape index (κ3) is 1.84. The molecule has 2 aromatic rings. The van der Waals surface area contributed by atoms with Crippen LogP contribution in [-0.2, 0) is 6.54 Å². The molecule has 0 radical (unpaired) electrons. The molecule has 3 nitrogen and oxygen atoms in total. The van der Waals surface area contributed by atoms with Crippen LogP contribution in [0, 0.1) is 18.3 Å². The number of aryl methyl sites for hydroxylation is 2. The van der Waals surface area contributed by atoms with Crippen LogP contribution >= 0.6 is 0 Å². The molecule has 1 aromatic heterocycles. The zero-order valence-electron chi connectivity index (χ0n) is 8.77. The van der Waals surface area contributed by atoms with Crippen molar-refractivity contribution >= 4 is 11.0 Å². The Labute approximate surface area is 89.0 Å². The Morgan fingerprint density at radius 2 is 2.20 bits per heavy atom. The van der Waals surface area contributed by atoms with Crippen molar-refractivity contribution in [3.63, 3.8) is 0 Å². The number of hydrogen-bond acceptors (Lipinski definition) is 2. The lowest BCUT2D eigenvalue weighted by atomic mass is 10.3. The quantitative estimate of drug-likeness (QED) is 0.713. The smallest absolute Gasteiger partial charge is 0.106 e. The van der Waals surface area contributed by atoms with Crippen molar-refractivity contribution in [2.24, 2.45) is 0 Å². The second kappa shape index (κ2) is 4.14. The van der Waals surface area contributed by atoms with Gasteiger partial charge in [-0.1, -0.05) is 12.1 Å². The monoisotopic (exact) mass is 199 g/mol. The Kier molecular flexibility index (Phi) is 2.68. The lowest BCUT2D eigenvalue weighted by Crippen LogP contribution is -1.99. The summed E-state index contributed by atoms with van der Waals surface area (Å²) >= 11 is 0. The summed E-state index contributed by atoms with van der Waals surface area (Å²) in [7, 11) is 0. The van der Waals surface area contributed by atoms with Gasteiger partial charge in [-0.15, -0.1) is 0 Å². The number of rotatable bonds is 3. The maximum Gasteiger partial charge on any atom is 0.106 e. The molecule has 0 aliphatic heterocycles. The van der Waals surface area contributed by atoms with Gasteiger partial charge < -0.3 is 4.57 Å². The van der Waals surface area contributed by atoms with E-state index in [1.807, 2.05) is 25.1 Å². The second-order valence-electron chi connectivity index (χ2n) is 3.56. The predicted octanol–water partition coefficient (Wildman–Crippen LogP) is 2.65. The van der Waals surface area contributed by atoms with Gasteiger partial charge in [-0.05, 0) is 25.5 Å². The molecular formula is C12H13N3. The normalized spacial score (nSPS) is 10.4. The van der Waals surface area contributed by atoms with E-state index in [9.17, 15) is 0 Å². The highest BCUT2D eigenvalue weighted by Gasteiger charge is 2.05. The van der Waals surface area contributed by atoms with Crippen LogP contribution in [0.3, 0.4) is 0 Å². The standard InChI is InChI=1S/C12H13N3/c1-10-14-11-6-2-3-7-12(11)15(10)9-5-4-8-13/h2-3,6-7H,4-5,9H2,1H3. The van der Waals surface area contributed by atoms with Crippen molar-refractivity contribution in [1.82, 2.24) is 9.55 Å². The molecule has 0 aliphatic rings. The number of para-hydroxylation sites is 2. The van der Waals surface area contributed by atoms with Gasteiger partial charge in [0.05, 0.1) is 17.1 Å². The van der Waals surface area contributed by atoms with E-state index in [0.29, 0.717) is 6.42 Å². The molecule has 1 aromatic carbocycles. The minimum atomic E-state index is 0.603. The predicted molar refractivity (Wildman–Crippen MR) is 59.3 cm³/mol. The summed E-state index contributed by atoms with van der Waals surface area (Å²) in [6.07, 6.45) is 1.49. The summed E-state index contributed by atoms with van der Waals surface area (Å²) in [6, 6.07) is 10.3. The van der Waals surface area contributed by atoms with E-state index in [0.717, 1.165) is 29.8 Å². The first-order chi connectivity index (χ1) is 7.33. The fourth-order valence-electron chi connectivity index (χ4n) is 1.79. The molecule has 1 heterocycles. The number of nitriles is 1. The number of fused-ring (bicyclic) bond motifs is 1. The lowest BCUT2D eigenvalue weighted by molar-refractivity contribution is 0.651. The van der Waals surface area contributed by atoms with Crippen molar-refractivity contribution in [1.29, 1.82) is 5.26 Å². The van der Waals surface area contributed by atoms with Gasteiger partial charge >= 0.3 is 0 Å². The fourth-order valence-corrected chi connectivity index (χ4v) is 1.79. The number of imidazole rings is 1. The SMILES string of the molecule is Cc1nc2ccccc2n1CCCC#N. The van der Waals surface area contributed by atoms with Crippen molar-refractivity contribution in [3.05, 3.63) is 30.1 Å². The molecule has 0 saturated heterocycles. The average molecular weight is 199 g/mol. The molecule has 0 atom stereocenters. The maximum atomic E-state index is 8.50. The van der Waals surface area contributed by atoms with Gasteiger partial charge in [0.2, 0.25) is 0 Å². The summed E-state index contributed by atoms with van der Waals surface area (Å²) < 4.78 is 2.17. The molecule has 0 saturated carbocycles. The van der Waals surface area contributed by atoms with Crippen molar-refractivity contribution in [3.8, 4) is 6.07 Å². The van der Waals surface area contributed by atoms with Gasteiger partial charge in [-0.2, -0.15) is 5.26 Å². The zero-order chi connectivity index (χ0) is 10.7. The van der Waals surface area contributed by atoms with Crippen LogP contribution < -0.4 is 0 Å². The van der Waals surface area contributed by atoms with Crippen LogP contribution in [0.15, 0.2) is 24.3 Å². The first-order valence-corrected chi connectivity index (χ1v) is 5.12. The summed E-state index contributed by atoms with van der Waals surface area (Å²) in [4.78, 5) is 4.47. The Balaban J connectivity index is 2.33. The van der Waals surface area contributed by atoms with E-state index in [4.69, 9.17) is 5.26 Å². The number of unbranched alkanes of at least 4 members (excludes halogenated alkanes) is 1. The maximum absolute atomic E-state index is 8.50. The molecule has 76 valence electrons. The average Bonchev–Trinajstić information content (AvgIpc) is 2.56. The third-order valence-electron chi connectivity index (χ3n) is 2.52. The summed E-state index contributed by atoms with van der Waals surface area (Å²) in [6.45, 7) is 2.88.